The number of azo groups is 1. The number of fused-ring (bicyclic) bond motifs is 1. The lowest BCUT2D eigenvalue weighted by Crippen LogP contribution is -2.28. The van der Waals surface area contributed by atoms with Gasteiger partial charge in [-0.15, -0.1) is 0 Å². The number of hydrogen-bond donors (Lipinski definition) is 0. The van der Waals surface area contributed by atoms with Crippen molar-refractivity contribution in [3.63, 3.8) is 0 Å². The summed E-state index contributed by atoms with van der Waals surface area (Å²) in [6.07, 6.45) is 8.35. The lowest BCUT2D eigenvalue weighted by molar-refractivity contribution is -0.140. The van der Waals surface area contributed by atoms with Gasteiger partial charge in [0.05, 0.1) is 33.8 Å². The van der Waals surface area contributed by atoms with Gasteiger partial charge in [0.25, 0.3) is 0 Å². The molecule has 2 aromatic rings. The van der Waals surface area contributed by atoms with Gasteiger partial charge in [0.2, 0.25) is 0 Å². The Hall–Kier alpha value is -3.52. The van der Waals surface area contributed by atoms with Crippen LogP contribution in [0.4, 0.5) is 5.69 Å². The van der Waals surface area contributed by atoms with Crippen molar-refractivity contribution < 1.29 is 17.9 Å². The van der Waals surface area contributed by atoms with Crippen molar-refractivity contribution >= 4 is 27.2 Å². The van der Waals surface area contributed by atoms with Crippen molar-refractivity contribution in [2.24, 2.45) is 16.1 Å². The van der Waals surface area contributed by atoms with Gasteiger partial charge in [-0.25, -0.2) is 8.42 Å². The summed E-state index contributed by atoms with van der Waals surface area (Å²) in [5, 5.41) is 9.03. The van der Waals surface area contributed by atoms with Gasteiger partial charge in [-0.05, 0) is 29.8 Å². The molecule has 4 rings (SSSR count). The number of allylic oxidation sites excluding steroid dienone is 2. The van der Waals surface area contributed by atoms with Crippen molar-refractivity contribution in [3.05, 3.63) is 90.2 Å². The third-order valence-electron chi connectivity index (χ3n) is 5.64. The second kappa shape index (κ2) is 9.54. The van der Waals surface area contributed by atoms with Gasteiger partial charge in [-0.1, -0.05) is 54.6 Å². The summed E-state index contributed by atoms with van der Waals surface area (Å²) in [5.41, 5.74) is 3.51. The Bertz CT molecular complexity index is 1250. The predicted octanol–water partition coefficient (Wildman–Crippen LogP) is 4.53. The number of esters is 1. The Morgan fingerprint density at radius 2 is 1.70 bits per heavy atom. The van der Waals surface area contributed by atoms with Crippen LogP contribution in [0.1, 0.15) is 12.5 Å². The Morgan fingerprint density at radius 3 is 2.39 bits per heavy atom. The summed E-state index contributed by atoms with van der Waals surface area (Å²) < 4.78 is 29.6. The normalized spacial score (nSPS) is 19.9. The van der Waals surface area contributed by atoms with Gasteiger partial charge in [0, 0.05) is 19.9 Å². The van der Waals surface area contributed by atoms with E-state index in [0.29, 0.717) is 5.69 Å². The van der Waals surface area contributed by atoms with Crippen molar-refractivity contribution in [2.45, 2.75) is 17.9 Å². The second-order valence-corrected chi connectivity index (χ2v) is 9.96. The summed E-state index contributed by atoms with van der Waals surface area (Å²) in [5.74, 6) is -0.691. The fourth-order valence-corrected chi connectivity index (χ4v) is 5.10. The van der Waals surface area contributed by atoms with Crippen LogP contribution >= 0.6 is 0 Å². The van der Waals surface area contributed by atoms with E-state index in [1.54, 1.807) is 12.1 Å². The Balaban J connectivity index is 1.59. The second-order valence-electron chi connectivity index (χ2n) is 7.85. The molecule has 2 atom stereocenters. The molecule has 0 saturated carbocycles. The summed E-state index contributed by atoms with van der Waals surface area (Å²) in [7, 11) is -1.50. The smallest absolute Gasteiger partial charge is 0.302 e. The zero-order valence-corrected chi connectivity index (χ0v) is 19.3. The minimum absolute atomic E-state index is 0.0832. The number of nitrogens with zero attached hydrogens (tertiary/aromatic N) is 3. The van der Waals surface area contributed by atoms with Gasteiger partial charge >= 0.3 is 5.97 Å². The topological polar surface area (TPSA) is 88.4 Å². The minimum Gasteiger partial charge on any atom is -0.465 e. The van der Waals surface area contributed by atoms with Gasteiger partial charge in [-0.2, -0.15) is 10.2 Å². The molecule has 0 spiro atoms. The quantitative estimate of drug-likeness (QED) is 0.445. The molecule has 7 nitrogen and oxygen atoms in total. The monoisotopic (exact) mass is 463 g/mol. The van der Waals surface area contributed by atoms with Crippen LogP contribution in [-0.4, -0.2) is 44.7 Å². The number of likely N-dealkylation sites (N-methyl/N-ethyl adjacent to an activating group) is 1. The first-order valence-electron chi connectivity index (χ1n) is 10.6. The van der Waals surface area contributed by atoms with Crippen molar-refractivity contribution in [3.8, 4) is 0 Å². The summed E-state index contributed by atoms with van der Waals surface area (Å²) in [4.78, 5) is 13.2. The first-order valence-corrected chi connectivity index (χ1v) is 12.3. The summed E-state index contributed by atoms with van der Waals surface area (Å²) in [6, 6.07) is 16.5. The van der Waals surface area contributed by atoms with Crippen molar-refractivity contribution in [2.75, 3.05) is 19.4 Å². The molecule has 0 saturated heterocycles. The van der Waals surface area contributed by atoms with Crippen LogP contribution in [0.5, 0.6) is 0 Å². The highest BCUT2D eigenvalue weighted by Gasteiger charge is 2.37. The van der Waals surface area contributed by atoms with E-state index in [9.17, 15) is 13.2 Å². The molecule has 0 N–H and O–H groups in total. The molecule has 0 amide bonds. The minimum atomic E-state index is -3.55. The number of ether oxygens (including phenoxy) is 1. The number of carbonyl (C=O) groups is 1. The summed E-state index contributed by atoms with van der Waals surface area (Å²) >= 11 is 0. The first-order chi connectivity index (χ1) is 15.9. The molecule has 0 aromatic heterocycles. The average Bonchev–Trinajstić information content (AvgIpc) is 3.10. The van der Waals surface area contributed by atoms with E-state index >= 15 is 0 Å². The number of sulfone groups is 1. The van der Waals surface area contributed by atoms with E-state index < -0.39 is 15.8 Å². The molecule has 1 aliphatic heterocycles. The predicted molar refractivity (Wildman–Crippen MR) is 126 cm³/mol. The van der Waals surface area contributed by atoms with Crippen LogP contribution in [-0.2, 0) is 19.4 Å². The van der Waals surface area contributed by atoms with E-state index in [-0.39, 0.29) is 29.2 Å². The Kier molecular flexibility index (Phi) is 6.55. The molecule has 2 aliphatic rings. The summed E-state index contributed by atoms with van der Waals surface area (Å²) in [6.45, 7) is 1.07. The maximum Gasteiger partial charge on any atom is 0.302 e. The maximum absolute atomic E-state index is 12.4. The number of rotatable bonds is 7. The lowest BCUT2D eigenvalue weighted by atomic mass is 9.94. The molecule has 2 unspecified atom stereocenters. The fourth-order valence-electron chi connectivity index (χ4n) is 4.01. The molecule has 8 heteroatoms. The fraction of sp³-hybridized carbons (Fsp3) is 0.240. The molecule has 33 heavy (non-hydrogen) atoms. The molecule has 0 radical (unpaired) electrons. The molecule has 1 aliphatic carbocycles. The SMILES string of the molecule is CC(=O)OCCS(=O)(=O)c1ccc(N=NC2=C(c3ccccc3)N(C)C3C=CC=CC23)cc1. The number of carbonyl (C=O) groups excluding carboxylic acids is 1. The molecule has 170 valence electrons. The first kappa shape index (κ1) is 22.7. The van der Waals surface area contributed by atoms with Gasteiger partial charge in [0.1, 0.15) is 6.61 Å². The average molecular weight is 464 g/mol. The number of benzene rings is 2. The molecule has 1 heterocycles. The third kappa shape index (κ3) is 4.96. The molecule has 2 aromatic carbocycles. The maximum atomic E-state index is 12.4. The zero-order valence-electron chi connectivity index (χ0n) is 18.5. The van der Waals surface area contributed by atoms with Crippen LogP contribution in [0, 0.1) is 5.92 Å². The van der Waals surface area contributed by atoms with Crippen LogP contribution in [0.25, 0.3) is 5.70 Å². The van der Waals surface area contributed by atoms with Crippen molar-refractivity contribution in [1.29, 1.82) is 0 Å². The highest BCUT2D eigenvalue weighted by molar-refractivity contribution is 7.91. The molecule has 0 fully saturated rings. The van der Waals surface area contributed by atoms with Crippen molar-refractivity contribution in [1.82, 2.24) is 4.90 Å². The molecular weight excluding hydrogens is 438 g/mol. The van der Waals surface area contributed by atoms with Gasteiger partial charge in [-0.3, -0.25) is 4.79 Å². The highest BCUT2D eigenvalue weighted by Crippen LogP contribution is 2.42. The number of hydrogen-bond acceptors (Lipinski definition) is 7. The zero-order chi connectivity index (χ0) is 23.4. The lowest BCUT2D eigenvalue weighted by Gasteiger charge is -2.26. The van der Waals surface area contributed by atoms with Gasteiger partial charge in [0.15, 0.2) is 9.84 Å². The van der Waals surface area contributed by atoms with E-state index in [1.807, 2.05) is 30.4 Å². The van der Waals surface area contributed by atoms with E-state index in [2.05, 4.69) is 46.5 Å². The van der Waals surface area contributed by atoms with Crippen LogP contribution in [0.2, 0.25) is 0 Å². The van der Waals surface area contributed by atoms with E-state index in [1.165, 1.54) is 19.1 Å². The standard InChI is InChI=1S/C25H25N3O4S/c1-18(29)32-16-17-33(30,31)21-14-12-20(13-15-21)26-27-24-22-10-6-7-11-23(22)28(2)25(24)19-8-4-3-5-9-19/h3-15,22-23H,16-17H2,1-2H3. The molecular formula is C25H25N3O4S. The largest absolute Gasteiger partial charge is 0.465 e. The Morgan fingerprint density at radius 1 is 1.00 bits per heavy atom. The highest BCUT2D eigenvalue weighted by atomic mass is 32.2. The van der Waals surface area contributed by atoms with Crippen LogP contribution < -0.4 is 0 Å². The van der Waals surface area contributed by atoms with E-state index in [0.717, 1.165) is 17.0 Å². The Labute approximate surface area is 193 Å². The van der Waals surface area contributed by atoms with Crippen LogP contribution in [0.15, 0.2) is 99.7 Å². The van der Waals surface area contributed by atoms with Crippen LogP contribution in [0.3, 0.4) is 0 Å². The van der Waals surface area contributed by atoms with Gasteiger partial charge < -0.3 is 9.64 Å². The third-order valence-corrected chi connectivity index (χ3v) is 7.33. The molecule has 0 bridgehead atoms. The van der Waals surface area contributed by atoms with E-state index in [4.69, 9.17) is 4.74 Å².